The van der Waals surface area contributed by atoms with Gasteiger partial charge in [0.25, 0.3) is 5.91 Å². The molecule has 142 valence electrons. The number of hydrogen-bond acceptors (Lipinski definition) is 2. The zero-order chi connectivity index (χ0) is 19.2. The molecule has 4 nitrogen and oxygen atoms in total. The summed E-state index contributed by atoms with van der Waals surface area (Å²) < 4.78 is 0. The Morgan fingerprint density at radius 1 is 1.11 bits per heavy atom. The van der Waals surface area contributed by atoms with Crippen LogP contribution in [0.3, 0.4) is 0 Å². The molecule has 0 aliphatic carbocycles. The van der Waals surface area contributed by atoms with Gasteiger partial charge in [0.1, 0.15) is 0 Å². The number of likely N-dealkylation sites (tertiary alicyclic amines) is 1. The molecule has 0 saturated carbocycles. The number of nitrogens with one attached hydrogen (secondary N) is 1. The molecule has 1 N–H and O–H groups in total. The average molecular weight is 385 g/mol. The van der Waals surface area contributed by atoms with Crippen LogP contribution in [0, 0.1) is 0 Å². The lowest BCUT2D eigenvalue weighted by atomic mass is 9.99. The minimum absolute atomic E-state index is 0.0792. The van der Waals surface area contributed by atoms with Crippen LogP contribution in [0.4, 0.5) is 0 Å². The Hall–Kier alpha value is -2.33. The van der Waals surface area contributed by atoms with Crippen molar-refractivity contribution in [3.8, 4) is 0 Å². The quantitative estimate of drug-likeness (QED) is 0.818. The predicted molar refractivity (Wildman–Crippen MR) is 108 cm³/mol. The van der Waals surface area contributed by atoms with Crippen molar-refractivity contribution in [2.24, 2.45) is 0 Å². The normalized spacial score (nSPS) is 18.0. The second-order valence-corrected chi connectivity index (χ2v) is 7.46. The highest BCUT2D eigenvalue weighted by Crippen LogP contribution is 2.24. The number of rotatable bonds is 5. The molecule has 2 unspecified atom stereocenters. The molecule has 1 saturated heterocycles. The first-order valence-electron chi connectivity index (χ1n) is 9.46. The topological polar surface area (TPSA) is 49.4 Å². The van der Waals surface area contributed by atoms with Crippen LogP contribution in [-0.2, 0) is 4.79 Å². The lowest BCUT2D eigenvalue weighted by Gasteiger charge is -2.34. The number of carbonyl (C=O) groups excluding carboxylic acids is 2. The second kappa shape index (κ2) is 9.05. The molecule has 2 amide bonds. The number of carbonyl (C=O) groups is 2. The van der Waals surface area contributed by atoms with E-state index in [1.807, 2.05) is 35.2 Å². The van der Waals surface area contributed by atoms with Crippen LogP contribution in [0.5, 0.6) is 0 Å². The molecule has 1 aliphatic heterocycles. The van der Waals surface area contributed by atoms with Gasteiger partial charge in [-0.15, -0.1) is 0 Å². The molecule has 5 heteroatoms. The average Bonchev–Trinajstić information content (AvgIpc) is 2.68. The van der Waals surface area contributed by atoms with Gasteiger partial charge in [-0.2, -0.15) is 0 Å². The Bertz CT molecular complexity index is 794. The number of benzene rings is 2. The molecular weight excluding hydrogens is 360 g/mol. The predicted octanol–water partition coefficient (Wildman–Crippen LogP) is 4.60. The third-order valence-corrected chi connectivity index (χ3v) is 5.46. The lowest BCUT2D eigenvalue weighted by Crippen LogP contribution is -2.43. The van der Waals surface area contributed by atoms with Crippen molar-refractivity contribution < 1.29 is 9.59 Å². The molecule has 1 fully saturated rings. The monoisotopic (exact) mass is 384 g/mol. The smallest absolute Gasteiger partial charge is 0.253 e. The van der Waals surface area contributed by atoms with E-state index in [0.717, 1.165) is 31.4 Å². The van der Waals surface area contributed by atoms with E-state index in [-0.39, 0.29) is 24.3 Å². The molecule has 0 aromatic heterocycles. The van der Waals surface area contributed by atoms with Gasteiger partial charge in [-0.05, 0) is 43.9 Å². The zero-order valence-electron chi connectivity index (χ0n) is 15.5. The van der Waals surface area contributed by atoms with Gasteiger partial charge in [0, 0.05) is 12.6 Å². The summed E-state index contributed by atoms with van der Waals surface area (Å²) in [5.74, 6) is -0.190. The molecular formula is C22H25ClN2O2. The second-order valence-electron chi connectivity index (χ2n) is 7.05. The van der Waals surface area contributed by atoms with Crippen molar-refractivity contribution in [1.82, 2.24) is 10.2 Å². The first-order valence-corrected chi connectivity index (χ1v) is 9.84. The Labute approximate surface area is 165 Å². The number of nitrogens with zero attached hydrogens (tertiary/aromatic N) is 1. The highest BCUT2D eigenvalue weighted by molar-refractivity contribution is 6.33. The fraction of sp³-hybridized carbons (Fsp3) is 0.364. The van der Waals surface area contributed by atoms with E-state index in [1.165, 1.54) is 0 Å². The third-order valence-electron chi connectivity index (χ3n) is 5.13. The Kier molecular flexibility index (Phi) is 6.51. The summed E-state index contributed by atoms with van der Waals surface area (Å²) in [6.07, 6.45) is 3.48. The molecule has 0 radical (unpaired) electrons. The standard InChI is InChI=1S/C22H25ClN2O2/c1-16-9-7-8-14-25(16)21(26)15-20(17-10-3-2-4-11-17)24-22(27)18-12-5-6-13-19(18)23/h2-6,10-13,16,20H,7-9,14-15H2,1H3,(H,24,27). The zero-order valence-corrected chi connectivity index (χ0v) is 16.3. The van der Waals surface area contributed by atoms with Crippen molar-refractivity contribution >= 4 is 23.4 Å². The Morgan fingerprint density at radius 3 is 2.52 bits per heavy atom. The summed E-state index contributed by atoms with van der Waals surface area (Å²) in [6, 6.07) is 16.4. The van der Waals surface area contributed by atoms with E-state index in [9.17, 15) is 9.59 Å². The van der Waals surface area contributed by atoms with Crippen LogP contribution >= 0.6 is 11.6 Å². The first-order chi connectivity index (χ1) is 13.1. The summed E-state index contributed by atoms with van der Waals surface area (Å²) in [6.45, 7) is 2.89. The summed E-state index contributed by atoms with van der Waals surface area (Å²) in [5, 5.41) is 3.41. The molecule has 27 heavy (non-hydrogen) atoms. The van der Waals surface area contributed by atoms with Crippen LogP contribution in [0.25, 0.3) is 0 Å². The molecule has 1 heterocycles. The summed E-state index contributed by atoms with van der Waals surface area (Å²) in [7, 11) is 0. The largest absolute Gasteiger partial charge is 0.345 e. The number of halogens is 1. The van der Waals surface area contributed by atoms with Crippen LogP contribution in [0.2, 0.25) is 5.02 Å². The number of amides is 2. The van der Waals surface area contributed by atoms with Gasteiger partial charge in [0.2, 0.25) is 5.91 Å². The summed E-state index contributed by atoms with van der Waals surface area (Å²) >= 11 is 6.16. The minimum Gasteiger partial charge on any atom is -0.345 e. The van der Waals surface area contributed by atoms with Crippen LogP contribution in [0.15, 0.2) is 54.6 Å². The van der Waals surface area contributed by atoms with E-state index >= 15 is 0 Å². The van der Waals surface area contributed by atoms with Gasteiger partial charge < -0.3 is 10.2 Å². The van der Waals surface area contributed by atoms with Crippen molar-refractivity contribution in [2.45, 2.75) is 44.7 Å². The van der Waals surface area contributed by atoms with E-state index in [0.29, 0.717) is 10.6 Å². The van der Waals surface area contributed by atoms with Gasteiger partial charge in [0.15, 0.2) is 0 Å². The van der Waals surface area contributed by atoms with Gasteiger partial charge in [0.05, 0.1) is 23.0 Å². The van der Waals surface area contributed by atoms with Gasteiger partial charge >= 0.3 is 0 Å². The number of hydrogen-bond donors (Lipinski definition) is 1. The van der Waals surface area contributed by atoms with Crippen LogP contribution in [-0.4, -0.2) is 29.3 Å². The summed E-state index contributed by atoms with van der Waals surface area (Å²) in [4.78, 5) is 27.6. The molecule has 2 atom stereocenters. The highest BCUT2D eigenvalue weighted by Gasteiger charge is 2.27. The molecule has 1 aliphatic rings. The van der Waals surface area contributed by atoms with Gasteiger partial charge in [-0.1, -0.05) is 54.1 Å². The van der Waals surface area contributed by atoms with Crippen molar-refractivity contribution in [2.75, 3.05) is 6.54 Å². The fourth-order valence-electron chi connectivity index (χ4n) is 3.58. The van der Waals surface area contributed by atoms with Crippen molar-refractivity contribution in [3.05, 3.63) is 70.7 Å². The third kappa shape index (κ3) is 4.89. The van der Waals surface area contributed by atoms with Crippen molar-refractivity contribution in [1.29, 1.82) is 0 Å². The summed E-state index contributed by atoms with van der Waals surface area (Å²) in [5.41, 5.74) is 1.33. The van der Waals surface area contributed by atoms with Gasteiger partial charge in [-0.25, -0.2) is 0 Å². The maximum Gasteiger partial charge on any atom is 0.253 e. The van der Waals surface area contributed by atoms with Crippen LogP contribution < -0.4 is 5.32 Å². The van der Waals surface area contributed by atoms with Crippen LogP contribution in [0.1, 0.15) is 54.6 Å². The molecule has 2 aromatic carbocycles. The minimum atomic E-state index is -0.392. The number of piperidine rings is 1. The maximum atomic E-state index is 12.9. The van der Waals surface area contributed by atoms with Crippen molar-refractivity contribution in [3.63, 3.8) is 0 Å². The van der Waals surface area contributed by atoms with E-state index in [1.54, 1.807) is 24.3 Å². The highest BCUT2D eigenvalue weighted by atomic mass is 35.5. The van der Waals surface area contributed by atoms with Gasteiger partial charge in [-0.3, -0.25) is 9.59 Å². The van der Waals surface area contributed by atoms with E-state index < -0.39 is 6.04 Å². The Morgan fingerprint density at radius 2 is 1.81 bits per heavy atom. The molecule has 0 spiro atoms. The van der Waals surface area contributed by atoms with E-state index in [4.69, 9.17) is 11.6 Å². The lowest BCUT2D eigenvalue weighted by molar-refractivity contribution is -0.134. The van der Waals surface area contributed by atoms with E-state index in [2.05, 4.69) is 12.2 Å². The Balaban J connectivity index is 1.78. The maximum absolute atomic E-state index is 12.9. The molecule has 2 aromatic rings. The molecule has 0 bridgehead atoms. The molecule has 3 rings (SSSR count). The fourth-order valence-corrected chi connectivity index (χ4v) is 3.80. The SMILES string of the molecule is CC1CCCCN1C(=O)CC(NC(=O)c1ccccc1Cl)c1ccccc1. The first kappa shape index (κ1) is 19.4.